The summed E-state index contributed by atoms with van der Waals surface area (Å²) in [6.45, 7) is 3.36. The molecule has 0 aliphatic carbocycles. The van der Waals surface area contributed by atoms with Crippen molar-refractivity contribution in [2.75, 3.05) is 40.4 Å². The molecule has 0 bridgehead atoms. The van der Waals surface area contributed by atoms with Crippen LogP contribution in [0.15, 0.2) is 4.99 Å². The fraction of sp³-hybridized carbons (Fsp3) is 0.750. The van der Waals surface area contributed by atoms with E-state index >= 15 is 0 Å². The van der Waals surface area contributed by atoms with E-state index in [-0.39, 0.29) is 0 Å². The van der Waals surface area contributed by atoms with Gasteiger partial charge in [0.1, 0.15) is 0 Å². The van der Waals surface area contributed by atoms with E-state index in [0.717, 1.165) is 26.3 Å². The van der Waals surface area contributed by atoms with Gasteiger partial charge in [-0.2, -0.15) is 0 Å². The van der Waals surface area contributed by atoms with Gasteiger partial charge in [-0.05, 0) is 12.2 Å². The summed E-state index contributed by atoms with van der Waals surface area (Å²) < 4.78 is 5.21. The van der Waals surface area contributed by atoms with Crippen LogP contribution in [0.5, 0.6) is 0 Å². The van der Waals surface area contributed by atoms with E-state index < -0.39 is 0 Å². The maximum atomic E-state index is 5.21. The van der Waals surface area contributed by atoms with Crippen molar-refractivity contribution in [2.24, 2.45) is 4.99 Å². The van der Waals surface area contributed by atoms with E-state index in [0.29, 0.717) is 5.11 Å². The molecule has 0 unspecified atom stereocenters. The van der Waals surface area contributed by atoms with Gasteiger partial charge in [0.05, 0.1) is 19.6 Å². The van der Waals surface area contributed by atoms with Crippen LogP contribution in [-0.2, 0) is 4.74 Å². The lowest BCUT2D eigenvalue weighted by molar-refractivity contribution is 0.0701. The molecule has 0 saturated carbocycles. The Morgan fingerprint density at radius 1 is 1.46 bits per heavy atom. The maximum Gasteiger partial charge on any atom is 0.196 e. The molecule has 1 saturated heterocycles. The molecule has 13 heavy (non-hydrogen) atoms. The second-order valence-corrected chi connectivity index (χ2v) is 3.44. The van der Waals surface area contributed by atoms with Crippen molar-refractivity contribution in [3.63, 3.8) is 0 Å². The van der Waals surface area contributed by atoms with Crippen molar-refractivity contribution < 1.29 is 4.74 Å². The highest BCUT2D eigenvalue weighted by atomic mass is 32.1. The quantitative estimate of drug-likeness (QED) is 0.344. The normalized spacial score (nSPS) is 17.8. The highest BCUT2D eigenvalue weighted by Crippen LogP contribution is 1.93. The lowest BCUT2D eigenvalue weighted by atomic mass is 10.5. The highest BCUT2D eigenvalue weighted by Gasteiger charge is 2.06. The maximum absolute atomic E-state index is 5.21. The SMILES string of the molecule is CN(C)C(=S)N=CN1CCOCC1. The lowest BCUT2D eigenvalue weighted by Crippen LogP contribution is -2.35. The summed E-state index contributed by atoms with van der Waals surface area (Å²) in [5.74, 6) is 0. The molecule has 1 aliphatic heterocycles. The standard InChI is InChI=1S/C8H15N3OS/c1-10(2)8(13)9-7-11-3-5-12-6-4-11/h7H,3-6H2,1-2H3. The Labute approximate surface area is 84.2 Å². The number of thiocarbonyl (C=S) groups is 1. The summed E-state index contributed by atoms with van der Waals surface area (Å²) in [5, 5.41) is 0.603. The predicted octanol–water partition coefficient (Wildman–Crippen LogP) is 0.193. The van der Waals surface area contributed by atoms with Gasteiger partial charge in [0.25, 0.3) is 0 Å². The van der Waals surface area contributed by atoms with Gasteiger partial charge in [-0.15, -0.1) is 0 Å². The third kappa shape index (κ3) is 3.69. The summed E-state index contributed by atoms with van der Waals surface area (Å²) in [7, 11) is 3.78. The minimum atomic E-state index is 0.603. The number of rotatable bonds is 1. The Kier molecular flexibility index (Phi) is 4.11. The largest absolute Gasteiger partial charge is 0.378 e. The third-order valence-electron chi connectivity index (χ3n) is 1.76. The van der Waals surface area contributed by atoms with Gasteiger partial charge in [0.15, 0.2) is 5.11 Å². The average Bonchev–Trinajstić information content (AvgIpc) is 2.15. The molecule has 1 aliphatic rings. The van der Waals surface area contributed by atoms with Crippen LogP contribution in [0.1, 0.15) is 0 Å². The second kappa shape index (κ2) is 5.14. The second-order valence-electron chi connectivity index (χ2n) is 3.07. The predicted molar refractivity (Wildman–Crippen MR) is 57.2 cm³/mol. The minimum absolute atomic E-state index is 0.603. The van der Waals surface area contributed by atoms with Gasteiger partial charge in [-0.3, -0.25) is 0 Å². The van der Waals surface area contributed by atoms with Crippen LogP contribution in [0.4, 0.5) is 0 Å². The van der Waals surface area contributed by atoms with E-state index in [1.807, 2.05) is 19.0 Å². The van der Waals surface area contributed by atoms with Gasteiger partial charge in [-0.25, -0.2) is 4.99 Å². The fourth-order valence-electron chi connectivity index (χ4n) is 0.939. The molecular weight excluding hydrogens is 186 g/mol. The van der Waals surface area contributed by atoms with Gasteiger partial charge >= 0.3 is 0 Å². The molecule has 0 aromatic carbocycles. The molecule has 4 nitrogen and oxygen atoms in total. The Balaban J connectivity index is 2.33. The van der Waals surface area contributed by atoms with Crippen LogP contribution in [0.2, 0.25) is 0 Å². The molecule has 0 spiro atoms. The smallest absolute Gasteiger partial charge is 0.196 e. The number of hydrogen-bond acceptors (Lipinski definition) is 2. The summed E-state index contributed by atoms with van der Waals surface area (Å²) in [4.78, 5) is 8.07. The van der Waals surface area contributed by atoms with Gasteiger partial charge in [-0.1, -0.05) is 0 Å². The number of ether oxygens (including phenoxy) is 1. The summed E-state index contributed by atoms with van der Waals surface area (Å²) >= 11 is 5.02. The van der Waals surface area contributed by atoms with Crippen LogP contribution < -0.4 is 0 Å². The molecule has 74 valence electrons. The Morgan fingerprint density at radius 3 is 2.62 bits per heavy atom. The molecule has 1 fully saturated rings. The first-order chi connectivity index (χ1) is 6.20. The van der Waals surface area contributed by atoms with E-state index in [9.17, 15) is 0 Å². The summed E-state index contributed by atoms with van der Waals surface area (Å²) in [5.41, 5.74) is 0. The fourth-order valence-corrected chi connectivity index (χ4v) is 0.987. The number of nitrogens with zero attached hydrogens (tertiary/aromatic N) is 3. The van der Waals surface area contributed by atoms with Crippen molar-refractivity contribution in [1.29, 1.82) is 0 Å². The molecule has 0 aromatic rings. The Morgan fingerprint density at radius 2 is 2.08 bits per heavy atom. The van der Waals surface area contributed by atoms with Crippen molar-refractivity contribution in [3.8, 4) is 0 Å². The Bertz CT molecular complexity index is 200. The van der Waals surface area contributed by atoms with Gasteiger partial charge in [0, 0.05) is 27.2 Å². The van der Waals surface area contributed by atoms with Crippen molar-refractivity contribution in [3.05, 3.63) is 0 Å². The molecule has 0 N–H and O–H groups in total. The van der Waals surface area contributed by atoms with Crippen molar-refractivity contribution in [2.45, 2.75) is 0 Å². The highest BCUT2D eigenvalue weighted by molar-refractivity contribution is 7.80. The van der Waals surface area contributed by atoms with Crippen LogP contribution in [0.25, 0.3) is 0 Å². The topological polar surface area (TPSA) is 28.1 Å². The van der Waals surface area contributed by atoms with E-state index in [1.54, 1.807) is 6.34 Å². The number of morpholine rings is 1. The van der Waals surface area contributed by atoms with Crippen LogP contribution in [0, 0.1) is 0 Å². The van der Waals surface area contributed by atoms with Gasteiger partial charge < -0.3 is 14.5 Å². The third-order valence-corrected chi connectivity index (χ3v) is 2.23. The summed E-state index contributed by atoms with van der Waals surface area (Å²) in [6, 6.07) is 0. The zero-order valence-electron chi connectivity index (χ0n) is 8.06. The molecule has 1 heterocycles. The Hall–Kier alpha value is -0.680. The summed E-state index contributed by atoms with van der Waals surface area (Å²) in [6.07, 6.45) is 1.80. The lowest BCUT2D eigenvalue weighted by Gasteiger charge is -2.24. The zero-order chi connectivity index (χ0) is 9.68. The monoisotopic (exact) mass is 201 g/mol. The van der Waals surface area contributed by atoms with Crippen LogP contribution in [-0.4, -0.2) is 61.6 Å². The molecule has 5 heteroatoms. The van der Waals surface area contributed by atoms with Crippen molar-refractivity contribution in [1.82, 2.24) is 9.80 Å². The van der Waals surface area contributed by atoms with Crippen LogP contribution in [0.3, 0.4) is 0 Å². The molecule has 0 aromatic heterocycles. The molecule has 0 atom stereocenters. The average molecular weight is 201 g/mol. The first-order valence-corrected chi connectivity index (χ1v) is 4.68. The van der Waals surface area contributed by atoms with Crippen LogP contribution >= 0.6 is 12.2 Å². The first kappa shape index (κ1) is 10.4. The van der Waals surface area contributed by atoms with E-state index in [4.69, 9.17) is 17.0 Å². The molecule has 0 amide bonds. The minimum Gasteiger partial charge on any atom is -0.378 e. The first-order valence-electron chi connectivity index (χ1n) is 4.27. The molecule has 1 rings (SSSR count). The molecular formula is C8H15N3OS. The van der Waals surface area contributed by atoms with E-state index in [1.165, 1.54) is 0 Å². The number of hydrogen-bond donors (Lipinski definition) is 0. The zero-order valence-corrected chi connectivity index (χ0v) is 8.88. The number of aliphatic imine (C=N–C) groups is 1. The van der Waals surface area contributed by atoms with Gasteiger partial charge in [0.2, 0.25) is 0 Å². The van der Waals surface area contributed by atoms with Crippen molar-refractivity contribution >= 4 is 23.7 Å². The molecule has 0 radical (unpaired) electrons. The van der Waals surface area contributed by atoms with E-state index in [2.05, 4.69) is 9.89 Å².